The minimum atomic E-state index is -0.882. The molecule has 6 rings (SSSR count). The largest absolute Gasteiger partial charge is 0.493 e. The molecule has 1 aromatic rings. The van der Waals surface area contributed by atoms with Gasteiger partial charge in [0.05, 0.1) is 31.5 Å². The lowest BCUT2D eigenvalue weighted by molar-refractivity contribution is -0.145. The van der Waals surface area contributed by atoms with E-state index in [4.69, 9.17) is 34.3 Å². The van der Waals surface area contributed by atoms with Crippen molar-refractivity contribution in [1.82, 2.24) is 4.90 Å². The Balaban J connectivity index is 0.000000240. The highest BCUT2D eigenvalue weighted by Gasteiger charge is 2.72. The minimum absolute atomic E-state index is 0.0249. The normalized spacial score (nSPS) is 34.4. The lowest BCUT2D eigenvalue weighted by Gasteiger charge is -2.45. The summed E-state index contributed by atoms with van der Waals surface area (Å²) in [5.41, 5.74) is 0.944. The van der Waals surface area contributed by atoms with Crippen molar-refractivity contribution >= 4 is 0 Å². The first-order valence-corrected chi connectivity index (χ1v) is 14.0. The van der Waals surface area contributed by atoms with Crippen LogP contribution in [-0.4, -0.2) is 103 Å². The van der Waals surface area contributed by atoms with Crippen LogP contribution in [0.15, 0.2) is 12.1 Å². The van der Waals surface area contributed by atoms with Crippen LogP contribution in [0.1, 0.15) is 64.0 Å². The number of hydrogen-bond acceptors (Lipinski definition) is 9. The molecule has 3 fully saturated rings. The molecule has 2 bridgehead atoms. The van der Waals surface area contributed by atoms with Crippen LogP contribution in [0.4, 0.5) is 0 Å². The Labute approximate surface area is 227 Å². The third-order valence-corrected chi connectivity index (χ3v) is 8.31. The molecule has 6 atom stereocenters. The van der Waals surface area contributed by atoms with Gasteiger partial charge in [-0.3, -0.25) is 4.90 Å². The Kier molecular flexibility index (Phi) is 10.8. The van der Waals surface area contributed by atoms with Crippen molar-refractivity contribution in [2.45, 2.75) is 94.9 Å². The summed E-state index contributed by atoms with van der Waals surface area (Å²) in [5.74, 6) is 2.27. The fourth-order valence-electron chi connectivity index (χ4n) is 6.35. The second-order valence-corrected chi connectivity index (χ2v) is 11.1. The summed E-state index contributed by atoms with van der Waals surface area (Å²) in [6.45, 7) is 8.67. The molecule has 5 aliphatic rings. The SMILES string of the molecule is CCC.CO.COc1ccc2c3c1OC(OC)C31CN(CC3CC3)C(C2)C1(C)O.OCC1CC(O)CCO1. The molecule has 2 saturated heterocycles. The molecule has 38 heavy (non-hydrogen) atoms. The predicted molar refractivity (Wildman–Crippen MR) is 145 cm³/mol. The summed E-state index contributed by atoms with van der Waals surface area (Å²) in [5, 5.41) is 36.2. The predicted octanol–water partition coefficient (Wildman–Crippen LogP) is 2.24. The third-order valence-electron chi connectivity index (χ3n) is 8.31. The molecule has 1 saturated carbocycles. The topological polar surface area (TPSA) is 121 Å². The molecule has 4 N–H and O–H groups in total. The van der Waals surface area contributed by atoms with Crippen LogP contribution in [0.25, 0.3) is 0 Å². The van der Waals surface area contributed by atoms with Gasteiger partial charge >= 0.3 is 0 Å². The monoisotopic (exact) mass is 539 g/mol. The van der Waals surface area contributed by atoms with E-state index in [1.165, 1.54) is 24.8 Å². The number of aliphatic hydroxyl groups is 4. The van der Waals surface area contributed by atoms with Crippen LogP contribution >= 0.6 is 0 Å². The summed E-state index contributed by atoms with van der Waals surface area (Å²) >= 11 is 0. The van der Waals surface area contributed by atoms with E-state index in [0.717, 1.165) is 49.6 Å². The number of aliphatic hydroxyl groups excluding tert-OH is 3. The lowest BCUT2D eigenvalue weighted by atomic mass is 9.62. The van der Waals surface area contributed by atoms with E-state index >= 15 is 0 Å². The molecule has 2 aliphatic carbocycles. The first-order chi connectivity index (χ1) is 18.3. The van der Waals surface area contributed by atoms with Crippen LogP contribution in [0.3, 0.4) is 0 Å². The van der Waals surface area contributed by atoms with Crippen molar-refractivity contribution in [3.63, 3.8) is 0 Å². The highest BCUT2D eigenvalue weighted by atomic mass is 16.7. The number of rotatable bonds is 5. The number of fused-ring (bicyclic) bond motifs is 1. The first kappa shape index (κ1) is 31.1. The van der Waals surface area contributed by atoms with E-state index in [1.54, 1.807) is 14.2 Å². The Hall–Kier alpha value is -1.46. The van der Waals surface area contributed by atoms with E-state index in [-0.39, 0.29) is 24.9 Å². The minimum Gasteiger partial charge on any atom is -0.493 e. The van der Waals surface area contributed by atoms with Gasteiger partial charge < -0.3 is 39.4 Å². The molecule has 0 radical (unpaired) electrons. The van der Waals surface area contributed by atoms with Crippen LogP contribution in [0, 0.1) is 5.92 Å². The van der Waals surface area contributed by atoms with E-state index in [2.05, 4.69) is 24.8 Å². The van der Waals surface area contributed by atoms with Crippen molar-refractivity contribution in [2.75, 3.05) is 47.6 Å². The number of nitrogens with zero attached hydrogens (tertiary/aromatic N) is 1. The summed E-state index contributed by atoms with van der Waals surface area (Å²) in [7, 11) is 4.33. The van der Waals surface area contributed by atoms with Crippen LogP contribution in [-0.2, 0) is 21.3 Å². The van der Waals surface area contributed by atoms with Gasteiger partial charge in [-0.15, -0.1) is 0 Å². The fraction of sp³-hybridized carbons (Fsp3) is 0.793. The zero-order chi connectivity index (χ0) is 28.1. The average molecular weight is 540 g/mol. The first-order valence-electron chi connectivity index (χ1n) is 14.0. The standard InChI is InChI=1S/C19H25NO4.C6H12O3.C3H8.CH4O/c1-18(21)14-8-12-6-7-13(22-2)16-15(12)19(18,17(23-3)24-16)10-20(14)9-11-4-5-11;7-4-6-3-5(8)1-2-9-6;1-3-2;1-2/h6-7,11,14,17,21H,4-5,8-10H2,1-3H3;5-8H,1-4H2;3H2,1-2H3;2H,1H3. The van der Waals surface area contributed by atoms with Gasteiger partial charge in [0, 0.05) is 51.9 Å². The van der Waals surface area contributed by atoms with E-state index in [1.807, 2.05) is 13.0 Å². The number of methoxy groups -OCH3 is 2. The van der Waals surface area contributed by atoms with Gasteiger partial charge in [0.2, 0.25) is 6.29 Å². The maximum Gasteiger partial charge on any atom is 0.213 e. The van der Waals surface area contributed by atoms with Crippen LogP contribution < -0.4 is 9.47 Å². The summed E-state index contributed by atoms with van der Waals surface area (Å²) in [6.07, 6.45) is 5.14. The second kappa shape index (κ2) is 13.3. The van der Waals surface area contributed by atoms with Crippen LogP contribution in [0.5, 0.6) is 11.5 Å². The number of benzene rings is 1. The quantitative estimate of drug-likeness (QED) is 0.446. The molecule has 218 valence electrons. The molecule has 9 heteroatoms. The van der Waals surface area contributed by atoms with Gasteiger partial charge in [-0.2, -0.15) is 0 Å². The molecule has 0 aromatic heterocycles. The van der Waals surface area contributed by atoms with E-state index < -0.39 is 17.3 Å². The van der Waals surface area contributed by atoms with Gasteiger partial charge in [-0.05, 0) is 50.2 Å². The molecule has 0 amide bonds. The van der Waals surface area contributed by atoms with Crippen molar-refractivity contribution < 1.29 is 39.4 Å². The van der Waals surface area contributed by atoms with E-state index in [9.17, 15) is 5.11 Å². The highest BCUT2D eigenvalue weighted by molar-refractivity contribution is 5.62. The maximum absolute atomic E-state index is 11.6. The Morgan fingerprint density at radius 2 is 1.82 bits per heavy atom. The summed E-state index contributed by atoms with van der Waals surface area (Å²) < 4.78 is 22.5. The van der Waals surface area contributed by atoms with Crippen LogP contribution in [0.2, 0.25) is 0 Å². The van der Waals surface area contributed by atoms with Gasteiger partial charge in [0.1, 0.15) is 5.41 Å². The Morgan fingerprint density at radius 3 is 2.34 bits per heavy atom. The van der Waals surface area contributed by atoms with Gasteiger partial charge in [-0.25, -0.2) is 0 Å². The molecule has 1 spiro atoms. The van der Waals surface area contributed by atoms with Crippen molar-refractivity contribution in [1.29, 1.82) is 0 Å². The molecule has 3 heterocycles. The molecule has 3 aliphatic heterocycles. The van der Waals surface area contributed by atoms with Crippen molar-refractivity contribution in [3.8, 4) is 11.5 Å². The fourth-order valence-corrected chi connectivity index (χ4v) is 6.35. The number of hydrogen-bond donors (Lipinski definition) is 4. The van der Waals surface area contributed by atoms with Gasteiger partial charge in [0.15, 0.2) is 11.5 Å². The Bertz CT molecular complexity index is 892. The zero-order valence-corrected chi connectivity index (χ0v) is 24.0. The highest BCUT2D eigenvalue weighted by Crippen LogP contribution is 2.62. The Morgan fingerprint density at radius 1 is 1.13 bits per heavy atom. The molecule has 9 nitrogen and oxygen atoms in total. The summed E-state index contributed by atoms with van der Waals surface area (Å²) in [4.78, 5) is 2.48. The van der Waals surface area contributed by atoms with E-state index in [0.29, 0.717) is 19.4 Å². The third kappa shape index (κ3) is 5.70. The summed E-state index contributed by atoms with van der Waals surface area (Å²) in [6, 6.07) is 4.23. The molecular weight excluding hydrogens is 490 g/mol. The van der Waals surface area contributed by atoms with Gasteiger partial charge in [0.25, 0.3) is 0 Å². The smallest absolute Gasteiger partial charge is 0.213 e. The number of likely N-dealkylation sites (tertiary alicyclic amines) is 1. The number of ether oxygens (including phenoxy) is 4. The molecular formula is C29H49NO8. The second-order valence-electron chi connectivity index (χ2n) is 11.1. The average Bonchev–Trinajstić information content (AvgIpc) is 3.65. The van der Waals surface area contributed by atoms with Crippen molar-refractivity contribution in [3.05, 3.63) is 23.3 Å². The maximum atomic E-state index is 11.6. The van der Waals surface area contributed by atoms with Crippen molar-refractivity contribution in [2.24, 2.45) is 5.92 Å². The molecule has 1 aromatic carbocycles. The lowest BCUT2D eigenvalue weighted by Crippen LogP contribution is -2.61. The zero-order valence-electron chi connectivity index (χ0n) is 24.0. The molecule has 6 unspecified atom stereocenters. The van der Waals surface area contributed by atoms with Gasteiger partial charge in [-0.1, -0.05) is 26.3 Å².